The number of nitrogens with zero attached hydrogens (tertiary/aromatic N) is 1. The van der Waals surface area contributed by atoms with Gasteiger partial charge in [-0.15, -0.1) is 0 Å². The van der Waals surface area contributed by atoms with E-state index in [1.165, 1.54) is 38.9 Å². The molecule has 0 amide bonds. The van der Waals surface area contributed by atoms with Crippen LogP contribution in [0, 0.1) is 11.8 Å². The second-order valence-corrected chi connectivity index (χ2v) is 6.39. The monoisotopic (exact) mass is 240 g/mol. The zero-order valence-corrected chi connectivity index (χ0v) is 12.5. The van der Waals surface area contributed by atoms with E-state index in [2.05, 4.69) is 44.8 Å². The topological polar surface area (TPSA) is 15.3 Å². The van der Waals surface area contributed by atoms with Crippen molar-refractivity contribution in [2.24, 2.45) is 11.8 Å². The van der Waals surface area contributed by atoms with E-state index in [1.807, 2.05) is 0 Å². The van der Waals surface area contributed by atoms with E-state index in [9.17, 15) is 0 Å². The molecule has 1 fully saturated rings. The lowest BCUT2D eigenvalue weighted by Gasteiger charge is -2.36. The molecule has 2 unspecified atom stereocenters. The second kappa shape index (κ2) is 7.38. The molecule has 102 valence electrons. The molecule has 0 saturated carbocycles. The number of rotatable bonds is 6. The molecule has 2 heteroatoms. The summed E-state index contributed by atoms with van der Waals surface area (Å²) in [7, 11) is 0. The second-order valence-electron chi connectivity index (χ2n) is 6.39. The SMILES string of the molecule is CCC1CCNC(CN(CC(C)C)C(C)C)C1. The molecule has 1 heterocycles. The zero-order chi connectivity index (χ0) is 12.8. The number of piperidine rings is 1. The fourth-order valence-electron chi connectivity index (χ4n) is 2.85. The van der Waals surface area contributed by atoms with E-state index in [-0.39, 0.29) is 0 Å². The van der Waals surface area contributed by atoms with Crippen LogP contribution in [0.25, 0.3) is 0 Å². The molecule has 2 atom stereocenters. The van der Waals surface area contributed by atoms with Gasteiger partial charge in [-0.1, -0.05) is 27.2 Å². The van der Waals surface area contributed by atoms with Crippen molar-refractivity contribution in [3.63, 3.8) is 0 Å². The molecule has 0 aliphatic carbocycles. The lowest BCUT2D eigenvalue weighted by Crippen LogP contribution is -2.48. The van der Waals surface area contributed by atoms with Gasteiger partial charge in [-0.2, -0.15) is 0 Å². The standard InChI is InChI=1S/C15H32N2/c1-6-14-7-8-16-15(9-14)11-17(13(4)5)10-12(2)3/h12-16H,6-11H2,1-5H3. The molecule has 2 nitrogen and oxygen atoms in total. The highest BCUT2D eigenvalue weighted by Crippen LogP contribution is 2.20. The van der Waals surface area contributed by atoms with Crippen LogP contribution in [0.5, 0.6) is 0 Å². The Morgan fingerprint density at radius 3 is 2.47 bits per heavy atom. The Hall–Kier alpha value is -0.0800. The molecule has 0 aromatic heterocycles. The minimum absolute atomic E-state index is 0.668. The Balaban J connectivity index is 2.43. The first kappa shape index (κ1) is 15.0. The fourth-order valence-corrected chi connectivity index (χ4v) is 2.85. The van der Waals surface area contributed by atoms with Crippen LogP contribution in [-0.2, 0) is 0 Å². The third-order valence-electron chi connectivity index (χ3n) is 3.97. The van der Waals surface area contributed by atoms with Crippen LogP contribution >= 0.6 is 0 Å². The lowest BCUT2D eigenvalue weighted by atomic mass is 9.90. The van der Waals surface area contributed by atoms with Crippen molar-refractivity contribution in [2.75, 3.05) is 19.6 Å². The van der Waals surface area contributed by atoms with E-state index in [0.717, 1.165) is 17.9 Å². The van der Waals surface area contributed by atoms with Gasteiger partial charge < -0.3 is 5.32 Å². The number of hydrogen-bond acceptors (Lipinski definition) is 2. The average Bonchev–Trinajstić information content (AvgIpc) is 2.27. The smallest absolute Gasteiger partial charge is 0.0197 e. The largest absolute Gasteiger partial charge is 0.313 e. The van der Waals surface area contributed by atoms with Crippen LogP contribution in [-0.4, -0.2) is 36.6 Å². The molecular weight excluding hydrogens is 208 g/mol. The van der Waals surface area contributed by atoms with Crippen molar-refractivity contribution >= 4 is 0 Å². The van der Waals surface area contributed by atoms with Crippen molar-refractivity contribution in [3.05, 3.63) is 0 Å². The van der Waals surface area contributed by atoms with E-state index in [1.54, 1.807) is 0 Å². The molecule has 1 rings (SSSR count). The first-order valence-corrected chi connectivity index (χ1v) is 7.50. The Labute approximate surface area is 108 Å². The summed E-state index contributed by atoms with van der Waals surface area (Å²) in [5.74, 6) is 1.72. The van der Waals surface area contributed by atoms with Gasteiger partial charge in [-0.3, -0.25) is 4.90 Å². The molecular formula is C15H32N2. The molecule has 1 saturated heterocycles. The lowest BCUT2D eigenvalue weighted by molar-refractivity contribution is 0.154. The maximum Gasteiger partial charge on any atom is 0.0197 e. The van der Waals surface area contributed by atoms with Gasteiger partial charge in [0.05, 0.1) is 0 Å². The van der Waals surface area contributed by atoms with E-state index < -0.39 is 0 Å². The molecule has 1 N–H and O–H groups in total. The van der Waals surface area contributed by atoms with Crippen molar-refractivity contribution in [1.29, 1.82) is 0 Å². The van der Waals surface area contributed by atoms with Crippen LogP contribution in [0.4, 0.5) is 0 Å². The first-order chi connectivity index (χ1) is 8.02. The maximum atomic E-state index is 3.70. The van der Waals surface area contributed by atoms with Gasteiger partial charge >= 0.3 is 0 Å². The van der Waals surface area contributed by atoms with Crippen molar-refractivity contribution in [2.45, 2.75) is 66.0 Å². The van der Waals surface area contributed by atoms with Gasteiger partial charge in [0.15, 0.2) is 0 Å². The number of hydrogen-bond donors (Lipinski definition) is 1. The zero-order valence-electron chi connectivity index (χ0n) is 12.5. The summed E-state index contributed by atoms with van der Waals surface area (Å²) < 4.78 is 0. The summed E-state index contributed by atoms with van der Waals surface area (Å²) >= 11 is 0. The Bertz CT molecular complexity index is 201. The highest BCUT2D eigenvalue weighted by Gasteiger charge is 2.23. The van der Waals surface area contributed by atoms with E-state index in [4.69, 9.17) is 0 Å². The van der Waals surface area contributed by atoms with Gasteiger partial charge in [0.2, 0.25) is 0 Å². The van der Waals surface area contributed by atoms with Crippen LogP contribution in [0.3, 0.4) is 0 Å². The molecule has 0 aromatic rings. The van der Waals surface area contributed by atoms with Gasteiger partial charge in [-0.25, -0.2) is 0 Å². The maximum absolute atomic E-state index is 3.70. The van der Waals surface area contributed by atoms with Gasteiger partial charge in [0, 0.05) is 25.2 Å². The highest BCUT2D eigenvalue weighted by atomic mass is 15.2. The van der Waals surface area contributed by atoms with E-state index in [0.29, 0.717) is 6.04 Å². The molecule has 17 heavy (non-hydrogen) atoms. The predicted molar refractivity (Wildman–Crippen MR) is 76.4 cm³/mol. The van der Waals surface area contributed by atoms with Gasteiger partial charge in [0.25, 0.3) is 0 Å². The Morgan fingerprint density at radius 1 is 1.24 bits per heavy atom. The average molecular weight is 240 g/mol. The molecule has 0 radical (unpaired) electrons. The third kappa shape index (κ3) is 5.39. The molecule has 0 aromatic carbocycles. The summed E-state index contributed by atoms with van der Waals surface area (Å²) in [5, 5.41) is 3.70. The Kier molecular flexibility index (Phi) is 6.50. The summed E-state index contributed by atoms with van der Waals surface area (Å²) in [6.07, 6.45) is 4.10. The summed E-state index contributed by atoms with van der Waals surface area (Å²) in [6, 6.07) is 1.39. The van der Waals surface area contributed by atoms with E-state index >= 15 is 0 Å². The summed E-state index contributed by atoms with van der Waals surface area (Å²) in [4.78, 5) is 2.64. The van der Waals surface area contributed by atoms with Crippen molar-refractivity contribution < 1.29 is 0 Å². The van der Waals surface area contributed by atoms with Crippen LogP contribution in [0.2, 0.25) is 0 Å². The van der Waals surface area contributed by atoms with Gasteiger partial charge in [-0.05, 0) is 45.1 Å². The van der Waals surface area contributed by atoms with Crippen LogP contribution < -0.4 is 5.32 Å². The summed E-state index contributed by atoms with van der Waals surface area (Å²) in [5.41, 5.74) is 0. The highest BCUT2D eigenvalue weighted by molar-refractivity contribution is 4.81. The first-order valence-electron chi connectivity index (χ1n) is 7.50. The molecule has 0 spiro atoms. The molecule has 1 aliphatic rings. The normalized spacial score (nSPS) is 26.1. The van der Waals surface area contributed by atoms with Crippen molar-refractivity contribution in [3.8, 4) is 0 Å². The third-order valence-corrected chi connectivity index (χ3v) is 3.97. The fraction of sp³-hybridized carbons (Fsp3) is 1.00. The van der Waals surface area contributed by atoms with Crippen LogP contribution in [0.15, 0.2) is 0 Å². The summed E-state index contributed by atoms with van der Waals surface area (Å²) in [6.45, 7) is 15.3. The molecule has 0 bridgehead atoms. The quantitative estimate of drug-likeness (QED) is 0.767. The van der Waals surface area contributed by atoms with Gasteiger partial charge in [0.1, 0.15) is 0 Å². The Morgan fingerprint density at radius 2 is 1.94 bits per heavy atom. The van der Waals surface area contributed by atoms with Crippen LogP contribution in [0.1, 0.15) is 53.9 Å². The minimum atomic E-state index is 0.668. The minimum Gasteiger partial charge on any atom is -0.313 e. The number of nitrogens with one attached hydrogen (secondary N) is 1. The van der Waals surface area contributed by atoms with Crippen molar-refractivity contribution in [1.82, 2.24) is 10.2 Å². The molecule has 1 aliphatic heterocycles. The predicted octanol–water partition coefficient (Wildman–Crippen LogP) is 3.13.